The van der Waals surface area contributed by atoms with E-state index >= 15 is 0 Å². The van der Waals surface area contributed by atoms with Crippen LogP contribution in [0.4, 0.5) is 0 Å². The summed E-state index contributed by atoms with van der Waals surface area (Å²) in [6.45, 7) is 15.0. The van der Waals surface area contributed by atoms with Gasteiger partial charge in [-0.05, 0) is 42.7 Å². The first-order chi connectivity index (χ1) is 22.1. The summed E-state index contributed by atoms with van der Waals surface area (Å²) in [6, 6.07) is 19.1. The maximum atomic E-state index is 11.7. The molecule has 255 valence electrons. The molecule has 0 aliphatic carbocycles. The minimum Gasteiger partial charge on any atom is -0.512 e. The van der Waals surface area contributed by atoms with Crippen molar-refractivity contribution in [3.8, 4) is 11.3 Å². The zero-order valence-corrected chi connectivity index (χ0v) is 33.7. The number of thiophene rings is 1. The van der Waals surface area contributed by atoms with Gasteiger partial charge in [0.15, 0.2) is 5.78 Å². The molecule has 0 amide bonds. The van der Waals surface area contributed by atoms with E-state index in [1.165, 1.54) is 76.4 Å². The van der Waals surface area contributed by atoms with Gasteiger partial charge in [0.05, 0.1) is 19.3 Å². The Morgan fingerprint density at radius 2 is 1.62 bits per heavy atom. The molecule has 7 heteroatoms. The number of fused-ring (bicyclic) bond motifs is 5. The Bertz CT molecular complexity index is 1710. The number of hydrogen-bond donors (Lipinski definition) is 1. The minimum absolute atomic E-state index is 0. The van der Waals surface area contributed by atoms with Gasteiger partial charge >= 0.3 is 0 Å². The molecule has 0 bridgehead atoms. The number of benzene rings is 2. The third kappa shape index (κ3) is 7.85. The fourth-order valence-electron chi connectivity index (χ4n) is 7.89. The van der Waals surface area contributed by atoms with Gasteiger partial charge in [-0.2, -0.15) is 0 Å². The Balaban J connectivity index is 0.000000269. The Morgan fingerprint density at radius 1 is 0.979 bits per heavy atom. The van der Waals surface area contributed by atoms with Crippen LogP contribution in [0.25, 0.3) is 32.2 Å². The second kappa shape index (κ2) is 16.0. The molecule has 1 spiro atoms. The second-order valence-corrected chi connectivity index (χ2v) is 20.2. The number of allylic oxidation sites excluding steroid dienone is 2. The number of nitrogens with zero attached hydrogens (tertiary/aromatic N) is 2. The van der Waals surface area contributed by atoms with E-state index < -0.39 is 8.07 Å². The van der Waals surface area contributed by atoms with Crippen LogP contribution in [0, 0.1) is 17.9 Å². The van der Waals surface area contributed by atoms with E-state index in [1.54, 1.807) is 10.1 Å². The summed E-state index contributed by atoms with van der Waals surface area (Å²) >= 11 is 1.99. The van der Waals surface area contributed by atoms with Crippen molar-refractivity contribution >= 4 is 51.4 Å². The molecule has 2 aromatic heterocycles. The Kier molecular flexibility index (Phi) is 12.8. The monoisotopic (exact) mass is 846 g/mol. The number of ketones is 1. The fourth-order valence-corrected chi connectivity index (χ4v) is 15.6. The van der Waals surface area contributed by atoms with E-state index in [9.17, 15) is 9.90 Å². The third-order valence-electron chi connectivity index (χ3n) is 10.6. The van der Waals surface area contributed by atoms with Gasteiger partial charge in [-0.3, -0.25) is 9.78 Å². The molecule has 1 N–H and O–H groups in total. The number of carbonyl (C=O) groups excluding carboxylic acids is 1. The SMILES string of the molecule is CC(C)(C)c1cc(-c2ncnc3c4c(sc23)CCC[Si]42CCCC2)[c-]c2ccccc12.CCC(CC)C(=O)/C=C(\O)C(CC)CC.[Ir]. The predicted octanol–water partition coefficient (Wildman–Crippen LogP) is 10.9. The third-order valence-corrected chi connectivity index (χ3v) is 17.6. The summed E-state index contributed by atoms with van der Waals surface area (Å²) in [6.07, 6.45) is 12.2. The van der Waals surface area contributed by atoms with Gasteiger partial charge in [0, 0.05) is 53.3 Å². The summed E-state index contributed by atoms with van der Waals surface area (Å²) in [4.78, 5) is 23.1. The zero-order valence-electron chi connectivity index (χ0n) is 29.5. The van der Waals surface area contributed by atoms with Crippen molar-refractivity contribution in [2.75, 3.05) is 0 Å². The zero-order chi connectivity index (χ0) is 33.1. The van der Waals surface area contributed by atoms with Crippen molar-refractivity contribution in [1.29, 1.82) is 0 Å². The number of aryl methyl sites for hydroxylation is 1. The van der Waals surface area contributed by atoms with Crippen LogP contribution in [0.3, 0.4) is 0 Å². The average molecular weight is 846 g/mol. The second-order valence-electron chi connectivity index (χ2n) is 14.5. The van der Waals surface area contributed by atoms with Crippen LogP contribution in [0.1, 0.15) is 104 Å². The molecule has 47 heavy (non-hydrogen) atoms. The average Bonchev–Trinajstić information content (AvgIpc) is 3.67. The van der Waals surface area contributed by atoms with Crippen molar-refractivity contribution in [2.45, 2.75) is 123 Å². The Hall–Kier alpha value is -2.18. The van der Waals surface area contributed by atoms with Gasteiger partial charge in [0.25, 0.3) is 0 Å². The minimum atomic E-state index is -1.35. The quantitative estimate of drug-likeness (QED) is 0.0831. The summed E-state index contributed by atoms with van der Waals surface area (Å²) in [5.74, 6) is 0.547. The predicted molar refractivity (Wildman–Crippen MR) is 199 cm³/mol. The molecule has 6 rings (SSSR count). The van der Waals surface area contributed by atoms with E-state index in [2.05, 4.69) is 57.2 Å². The van der Waals surface area contributed by atoms with Crippen molar-refractivity contribution in [2.24, 2.45) is 11.8 Å². The van der Waals surface area contributed by atoms with Gasteiger partial charge in [0.1, 0.15) is 6.33 Å². The summed E-state index contributed by atoms with van der Waals surface area (Å²) < 4.78 is 1.31. The first-order valence-corrected chi connectivity index (χ1v) is 21.2. The molecule has 4 aromatic rings. The number of carbonyl (C=O) groups is 1. The number of aromatic nitrogens is 2. The number of aliphatic hydroxyl groups excluding tert-OH is 1. The molecular formula is C40H53IrN2O2SSi-. The number of hydrogen-bond acceptors (Lipinski definition) is 5. The van der Waals surface area contributed by atoms with Gasteiger partial charge in [-0.1, -0.05) is 115 Å². The smallest absolute Gasteiger partial charge is 0.162 e. The molecule has 0 saturated carbocycles. The largest absolute Gasteiger partial charge is 0.512 e. The van der Waals surface area contributed by atoms with Crippen molar-refractivity contribution < 1.29 is 30.0 Å². The van der Waals surface area contributed by atoms with Crippen LogP contribution in [-0.4, -0.2) is 28.9 Å². The standard InChI is InChI=1S/C27H29N2SSi.C13H24O2.Ir/c1-27(2,3)21-16-19(15-18-9-4-5-10-20(18)21)23-25-24(29-17-28-23)26-22(30-25)11-8-14-31(26)12-6-7-13-31;1-5-10(6-2)12(14)9-13(15)11(7-3)8-4;/h4-5,9-10,16-17H,6-8,11-14H2,1-3H3;9-11,14H,5-8H2,1-4H3;/q-1;;/b;12-9-;. The van der Waals surface area contributed by atoms with Gasteiger partial charge in [-0.25, -0.2) is 4.98 Å². The molecule has 1 fully saturated rings. The number of rotatable bonds is 8. The Labute approximate surface area is 301 Å². The first kappa shape index (κ1) is 37.6. The van der Waals surface area contributed by atoms with Gasteiger partial charge in [-0.15, -0.1) is 40.5 Å². The molecule has 2 aliphatic heterocycles. The van der Waals surface area contributed by atoms with Crippen LogP contribution in [-0.2, 0) is 36.7 Å². The van der Waals surface area contributed by atoms with Crippen LogP contribution < -0.4 is 5.19 Å². The molecule has 2 aliphatic rings. The van der Waals surface area contributed by atoms with Crippen molar-refractivity contribution in [3.63, 3.8) is 0 Å². The van der Waals surface area contributed by atoms with Crippen LogP contribution in [0.5, 0.6) is 0 Å². The van der Waals surface area contributed by atoms with Crippen LogP contribution in [0.2, 0.25) is 18.1 Å². The first-order valence-electron chi connectivity index (χ1n) is 17.7. The van der Waals surface area contributed by atoms with E-state index in [1.807, 2.05) is 45.4 Å². The Morgan fingerprint density at radius 3 is 2.26 bits per heavy atom. The molecule has 1 saturated heterocycles. The molecule has 2 aromatic carbocycles. The van der Waals surface area contributed by atoms with E-state index in [0.29, 0.717) is 0 Å². The summed E-state index contributed by atoms with van der Waals surface area (Å²) in [5, 5.41) is 14.0. The molecule has 0 unspecified atom stereocenters. The van der Waals surface area contributed by atoms with Crippen LogP contribution in [0.15, 0.2) is 48.5 Å². The van der Waals surface area contributed by atoms with E-state index in [4.69, 9.17) is 9.97 Å². The summed E-state index contributed by atoms with van der Waals surface area (Å²) in [5.41, 5.74) is 4.92. The number of aliphatic hydroxyl groups is 1. The molecule has 1 radical (unpaired) electrons. The fraction of sp³-hybridized carbons (Fsp3) is 0.525. The van der Waals surface area contributed by atoms with E-state index in [0.717, 1.165) is 36.9 Å². The van der Waals surface area contributed by atoms with Crippen LogP contribution >= 0.6 is 11.3 Å². The van der Waals surface area contributed by atoms with Gasteiger partial charge in [0.2, 0.25) is 0 Å². The maximum absolute atomic E-state index is 11.7. The normalized spacial score (nSPS) is 16.0. The van der Waals surface area contributed by atoms with Crippen molar-refractivity contribution in [3.05, 3.63) is 65.0 Å². The van der Waals surface area contributed by atoms with Crippen molar-refractivity contribution in [1.82, 2.24) is 9.97 Å². The topological polar surface area (TPSA) is 63.1 Å². The summed E-state index contributed by atoms with van der Waals surface area (Å²) in [7, 11) is -1.35. The van der Waals surface area contributed by atoms with Gasteiger partial charge < -0.3 is 5.11 Å². The molecular weight excluding hydrogens is 793 g/mol. The molecule has 0 atom stereocenters. The molecule has 4 heterocycles. The maximum Gasteiger partial charge on any atom is 0.162 e. The molecule has 4 nitrogen and oxygen atoms in total. The van der Waals surface area contributed by atoms with E-state index in [-0.39, 0.29) is 48.9 Å².